The van der Waals surface area contributed by atoms with Crippen LogP contribution >= 0.6 is 46.4 Å². The van der Waals surface area contributed by atoms with Gasteiger partial charge >= 0.3 is 10.3 Å². The third kappa shape index (κ3) is 1.62. The van der Waals surface area contributed by atoms with Crippen molar-refractivity contribution in [3.63, 3.8) is 0 Å². The molecule has 7 heteroatoms. The summed E-state index contributed by atoms with van der Waals surface area (Å²) in [5, 5.41) is 9.93. The predicted octanol–water partition coefficient (Wildman–Crippen LogP) is 2.33. The van der Waals surface area contributed by atoms with Gasteiger partial charge in [-0.3, -0.25) is 0 Å². The Morgan fingerprint density at radius 3 is 1.73 bits per heavy atom. The number of rotatable bonds is 0. The number of hydrogen-bond donors (Lipinski definition) is 0. The molecule has 0 aliphatic heterocycles. The molecule has 0 atom stereocenters. The van der Waals surface area contributed by atoms with E-state index >= 15 is 0 Å². The van der Waals surface area contributed by atoms with E-state index in [0.717, 1.165) is 0 Å². The summed E-state index contributed by atoms with van der Waals surface area (Å²) >= 11 is 21.5. The Hall–Kier alpha value is 0.0400. The van der Waals surface area contributed by atoms with Crippen LogP contribution in [0, 0.1) is 5.21 Å². The molecule has 0 N–H and O–H groups in total. The lowest BCUT2D eigenvalue weighted by Gasteiger charge is -2.01. The summed E-state index contributed by atoms with van der Waals surface area (Å²) in [6.45, 7) is 0. The van der Waals surface area contributed by atoms with Crippen LogP contribution in [0.2, 0.25) is 20.6 Å². The topological polar surface area (TPSA) is 39.8 Å². The maximum atomic E-state index is 10.9. The minimum Gasteiger partial charge on any atom is -0.616 e. The van der Waals surface area contributed by atoms with E-state index in [2.05, 4.69) is 4.98 Å². The Morgan fingerprint density at radius 2 is 1.36 bits per heavy atom. The number of hydrogen-bond acceptors (Lipinski definition) is 2. The maximum absolute atomic E-state index is 10.9. The van der Waals surface area contributed by atoms with E-state index in [0.29, 0.717) is 0 Å². The molecule has 3 nitrogen and oxygen atoms in total. The Labute approximate surface area is 82.0 Å². The van der Waals surface area contributed by atoms with Gasteiger partial charge in [-0.25, -0.2) is 4.98 Å². The van der Waals surface area contributed by atoms with Gasteiger partial charge in [0.15, 0.2) is 0 Å². The van der Waals surface area contributed by atoms with Crippen molar-refractivity contribution in [3.8, 4) is 0 Å². The molecule has 0 amide bonds. The Morgan fingerprint density at radius 1 is 1.00 bits per heavy atom. The smallest absolute Gasteiger partial charge is 0.325 e. The average Bonchev–Trinajstić information content (AvgIpc) is 1.97. The molecule has 0 unspecified atom stereocenters. The van der Waals surface area contributed by atoms with Crippen LogP contribution < -0.4 is 4.73 Å². The molecule has 0 fully saturated rings. The van der Waals surface area contributed by atoms with Crippen LogP contribution in [0.1, 0.15) is 0 Å². The second-order valence-electron chi connectivity index (χ2n) is 1.57. The zero-order valence-electron chi connectivity index (χ0n) is 4.81. The fraction of sp³-hybridized carbons (Fsp3) is 0. The van der Waals surface area contributed by atoms with Gasteiger partial charge in [0.2, 0.25) is 10.3 Å². The van der Waals surface area contributed by atoms with E-state index in [4.69, 9.17) is 46.4 Å². The molecule has 1 heterocycles. The lowest BCUT2D eigenvalue weighted by Crippen LogP contribution is -2.30. The first-order valence-electron chi connectivity index (χ1n) is 2.33. The van der Waals surface area contributed by atoms with Crippen molar-refractivity contribution >= 4 is 46.4 Å². The summed E-state index contributed by atoms with van der Waals surface area (Å²) in [6.07, 6.45) is 0. The molecule has 0 saturated carbocycles. The van der Waals surface area contributed by atoms with Crippen LogP contribution in [0.25, 0.3) is 0 Å². The first-order chi connectivity index (χ1) is 5.04. The van der Waals surface area contributed by atoms with Crippen molar-refractivity contribution in [1.29, 1.82) is 0 Å². The van der Waals surface area contributed by atoms with Crippen LogP contribution in [-0.4, -0.2) is 4.98 Å². The van der Waals surface area contributed by atoms with E-state index in [9.17, 15) is 5.21 Å². The Kier molecular flexibility index (Phi) is 2.65. The lowest BCUT2D eigenvalue weighted by molar-refractivity contribution is -0.601. The number of halogens is 4. The molecular weight excluding hydrogens is 234 g/mol. The molecule has 1 rings (SSSR count). The van der Waals surface area contributed by atoms with Crippen LogP contribution in [0.15, 0.2) is 0 Å². The average molecular weight is 234 g/mol. The van der Waals surface area contributed by atoms with Crippen molar-refractivity contribution < 1.29 is 4.73 Å². The third-order valence-electron chi connectivity index (χ3n) is 0.893. The summed E-state index contributed by atoms with van der Waals surface area (Å²) in [5.41, 5.74) is 0. The fourth-order valence-corrected chi connectivity index (χ4v) is 1.09. The molecule has 0 aliphatic rings. The zero-order valence-corrected chi connectivity index (χ0v) is 7.84. The number of aromatic nitrogens is 2. The third-order valence-corrected chi connectivity index (χ3v) is 2.28. The molecular formula is C4Cl4N2O. The Balaban J connectivity index is 3.46. The standard InChI is InChI=1S/C4Cl4N2O/c5-1-3(7)10(11)4(8)2(6)9-1. The van der Waals surface area contributed by atoms with Crippen molar-refractivity contribution in [3.05, 3.63) is 25.8 Å². The molecule has 0 bridgehead atoms. The van der Waals surface area contributed by atoms with Crippen LogP contribution in [-0.2, 0) is 0 Å². The van der Waals surface area contributed by atoms with Gasteiger partial charge in [0.1, 0.15) is 0 Å². The maximum Gasteiger partial charge on any atom is 0.325 e. The van der Waals surface area contributed by atoms with Crippen molar-refractivity contribution in [2.24, 2.45) is 0 Å². The largest absolute Gasteiger partial charge is 0.616 e. The van der Waals surface area contributed by atoms with Crippen molar-refractivity contribution in [2.75, 3.05) is 0 Å². The van der Waals surface area contributed by atoms with Gasteiger partial charge in [-0.05, 0) is 23.2 Å². The molecule has 1 aromatic heterocycles. The minimum absolute atomic E-state index is 0.170. The van der Waals surface area contributed by atoms with Gasteiger partial charge in [0.25, 0.3) is 0 Å². The second-order valence-corrected chi connectivity index (χ2v) is 3.00. The molecule has 0 saturated heterocycles. The summed E-state index contributed by atoms with van der Waals surface area (Å²) in [5.74, 6) is 0. The molecule has 0 radical (unpaired) electrons. The van der Waals surface area contributed by atoms with Crippen molar-refractivity contribution in [1.82, 2.24) is 4.98 Å². The molecule has 0 aromatic carbocycles. The number of nitrogens with zero attached hydrogens (tertiary/aromatic N) is 2. The van der Waals surface area contributed by atoms with Gasteiger partial charge in [-0.15, -0.1) is 4.73 Å². The van der Waals surface area contributed by atoms with E-state index in [1.54, 1.807) is 0 Å². The highest BCUT2D eigenvalue weighted by Crippen LogP contribution is 2.22. The molecule has 0 spiro atoms. The normalized spacial score (nSPS) is 10.2. The van der Waals surface area contributed by atoms with Gasteiger partial charge in [-0.2, -0.15) is 0 Å². The monoisotopic (exact) mass is 232 g/mol. The van der Waals surface area contributed by atoms with Gasteiger partial charge in [0, 0.05) is 0 Å². The minimum atomic E-state index is -0.291. The molecule has 11 heavy (non-hydrogen) atoms. The predicted molar refractivity (Wildman–Crippen MR) is 43.2 cm³/mol. The quantitative estimate of drug-likeness (QED) is 0.510. The first kappa shape index (κ1) is 9.13. The lowest BCUT2D eigenvalue weighted by atomic mass is 10.7. The van der Waals surface area contributed by atoms with Gasteiger partial charge in [0.05, 0.1) is 0 Å². The SMILES string of the molecule is [O-][n+]1c(Cl)c(Cl)nc(Cl)c1Cl. The highest BCUT2D eigenvalue weighted by molar-refractivity contribution is 6.42. The summed E-state index contributed by atoms with van der Waals surface area (Å²) in [4.78, 5) is 3.48. The Bertz CT molecular complexity index is 276. The fourth-order valence-electron chi connectivity index (χ4n) is 0.432. The summed E-state index contributed by atoms with van der Waals surface area (Å²) < 4.78 is 0.195. The van der Waals surface area contributed by atoms with E-state index in [-0.39, 0.29) is 25.3 Å². The highest BCUT2D eigenvalue weighted by atomic mass is 35.5. The van der Waals surface area contributed by atoms with E-state index < -0.39 is 0 Å². The molecule has 0 aliphatic carbocycles. The van der Waals surface area contributed by atoms with Crippen LogP contribution in [0.5, 0.6) is 0 Å². The molecule has 60 valence electrons. The van der Waals surface area contributed by atoms with Gasteiger partial charge in [-0.1, -0.05) is 23.2 Å². The summed E-state index contributed by atoms with van der Waals surface area (Å²) in [7, 11) is 0. The second kappa shape index (κ2) is 3.19. The highest BCUT2D eigenvalue weighted by Gasteiger charge is 2.18. The van der Waals surface area contributed by atoms with Crippen molar-refractivity contribution in [2.45, 2.75) is 0 Å². The summed E-state index contributed by atoms with van der Waals surface area (Å²) in [6, 6.07) is 0. The zero-order chi connectivity index (χ0) is 8.59. The first-order valence-corrected chi connectivity index (χ1v) is 3.84. The van der Waals surface area contributed by atoms with Crippen LogP contribution in [0.4, 0.5) is 0 Å². The van der Waals surface area contributed by atoms with Crippen LogP contribution in [0.3, 0.4) is 0 Å². The van der Waals surface area contributed by atoms with Gasteiger partial charge < -0.3 is 5.21 Å². The van der Waals surface area contributed by atoms with E-state index in [1.807, 2.05) is 0 Å². The van der Waals surface area contributed by atoms with E-state index in [1.165, 1.54) is 0 Å². The molecule has 1 aromatic rings.